The molecule has 0 atom stereocenters. The Balaban J connectivity index is 2.30. The van der Waals surface area contributed by atoms with Crippen LogP contribution >= 0.6 is 0 Å². The largest absolute Gasteiger partial charge is 0.294 e. The molecule has 0 amide bonds. The second-order valence-electron chi connectivity index (χ2n) is 4.16. The van der Waals surface area contributed by atoms with E-state index in [2.05, 4.69) is 11.6 Å². The summed E-state index contributed by atoms with van der Waals surface area (Å²) < 4.78 is 0. The summed E-state index contributed by atoms with van der Waals surface area (Å²) >= 11 is 0. The van der Waals surface area contributed by atoms with E-state index in [9.17, 15) is 4.79 Å². The number of pyridine rings is 1. The minimum Gasteiger partial charge on any atom is -0.294 e. The van der Waals surface area contributed by atoms with E-state index in [4.69, 9.17) is 0 Å². The second kappa shape index (κ2) is 3.67. The first-order valence-corrected chi connectivity index (χ1v) is 5.52. The second-order valence-corrected chi connectivity index (χ2v) is 4.16. The van der Waals surface area contributed by atoms with Crippen molar-refractivity contribution in [3.05, 3.63) is 71.6 Å². The van der Waals surface area contributed by atoms with Gasteiger partial charge >= 0.3 is 0 Å². The fourth-order valence-corrected chi connectivity index (χ4v) is 2.25. The monoisotopic (exact) mass is 221 g/mol. The van der Waals surface area contributed by atoms with Crippen molar-refractivity contribution >= 4 is 11.4 Å². The minimum absolute atomic E-state index is 0.145. The third-order valence-corrected chi connectivity index (χ3v) is 3.14. The van der Waals surface area contributed by atoms with Gasteiger partial charge in [-0.25, -0.2) is 0 Å². The number of aromatic nitrogens is 1. The van der Waals surface area contributed by atoms with E-state index in [-0.39, 0.29) is 5.78 Å². The van der Waals surface area contributed by atoms with E-state index < -0.39 is 0 Å². The highest BCUT2D eigenvalue weighted by atomic mass is 16.1. The number of hydrogen-bond donors (Lipinski definition) is 0. The van der Waals surface area contributed by atoms with Gasteiger partial charge in [-0.2, -0.15) is 0 Å². The van der Waals surface area contributed by atoms with Crippen LogP contribution in [0.4, 0.5) is 0 Å². The Kier molecular flexibility index (Phi) is 2.15. The van der Waals surface area contributed by atoms with E-state index in [1.807, 2.05) is 30.3 Å². The van der Waals surface area contributed by atoms with Crippen molar-refractivity contribution in [1.82, 2.24) is 4.98 Å². The summed E-state index contributed by atoms with van der Waals surface area (Å²) in [5.41, 5.74) is 4.55. The van der Waals surface area contributed by atoms with Gasteiger partial charge in [0.15, 0.2) is 5.78 Å². The number of carbonyl (C=O) groups is 1. The van der Waals surface area contributed by atoms with Gasteiger partial charge in [-0.3, -0.25) is 9.78 Å². The van der Waals surface area contributed by atoms with Crippen LogP contribution in [0.15, 0.2) is 49.3 Å². The number of rotatable bonds is 0. The van der Waals surface area contributed by atoms with Crippen molar-refractivity contribution in [3.63, 3.8) is 0 Å². The number of Topliss-reactive ketones (excluding diaryl/α,β-unsaturated/α-hetero) is 1. The molecule has 1 aliphatic carbocycles. The van der Waals surface area contributed by atoms with Crippen LogP contribution in [0.1, 0.15) is 27.0 Å². The van der Waals surface area contributed by atoms with E-state index in [0.29, 0.717) is 6.42 Å². The topological polar surface area (TPSA) is 30.0 Å². The van der Waals surface area contributed by atoms with E-state index in [1.54, 1.807) is 12.4 Å². The number of fused-ring (bicyclic) bond motifs is 2. The zero-order valence-electron chi connectivity index (χ0n) is 9.31. The van der Waals surface area contributed by atoms with Gasteiger partial charge in [0.2, 0.25) is 0 Å². The molecule has 0 bridgehead atoms. The fraction of sp³-hybridized carbons (Fsp3) is 0.0667. The molecule has 1 aliphatic rings. The lowest BCUT2D eigenvalue weighted by atomic mass is 9.97. The van der Waals surface area contributed by atoms with Crippen molar-refractivity contribution in [2.45, 2.75) is 6.42 Å². The van der Waals surface area contributed by atoms with Gasteiger partial charge in [0.1, 0.15) is 0 Å². The molecule has 2 nitrogen and oxygen atoms in total. The zero-order valence-corrected chi connectivity index (χ0v) is 9.31. The smallest absolute Gasteiger partial charge is 0.167 e. The van der Waals surface area contributed by atoms with Gasteiger partial charge in [0, 0.05) is 29.9 Å². The maximum Gasteiger partial charge on any atom is 0.167 e. The first-order valence-electron chi connectivity index (χ1n) is 5.52. The molecular weight excluding hydrogens is 210 g/mol. The SMILES string of the molecule is C=C1c2cnccc2CC(=O)c2ccccc21. The molecule has 0 saturated heterocycles. The van der Waals surface area contributed by atoms with Crippen LogP contribution in [0, 0.1) is 0 Å². The maximum atomic E-state index is 12.2. The molecule has 3 rings (SSSR count). The molecule has 1 aromatic carbocycles. The van der Waals surface area contributed by atoms with Crippen molar-refractivity contribution < 1.29 is 4.79 Å². The lowest BCUT2D eigenvalue weighted by Gasteiger charge is -2.07. The molecule has 17 heavy (non-hydrogen) atoms. The summed E-state index contributed by atoms with van der Waals surface area (Å²) in [6.07, 6.45) is 3.93. The Bertz CT molecular complexity index is 628. The predicted octanol–water partition coefficient (Wildman–Crippen LogP) is 2.88. The number of ketones is 1. The van der Waals surface area contributed by atoms with Crippen LogP contribution in [0.3, 0.4) is 0 Å². The Morgan fingerprint density at radius 1 is 1.06 bits per heavy atom. The summed E-state index contributed by atoms with van der Waals surface area (Å²) in [5, 5.41) is 0. The van der Waals surface area contributed by atoms with Gasteiger partial charge in [-0.15, -0.1) is 0 Å². The van der Waals surface area contributed by atoms with Crippen molar-refractivity contribution in [3.8, 4) is 0 Å². The minimum atomic E-state index is 0.145. The Morgan fingerprint density at radius 2 is 1.82 bits per heavy atom. The maximum absolute atomic E-state index is 12.2. The normalized spacial score (nSPS) is 13.9. The Morgan fingerprint density at radius 3 is 2.65 bits per heavy atom. The van der Waals surface area contributed by atoms with Gasteiger partial charge in [-0.1, -0.05) is 30.8 Å². The molecule has 0 unspecified atom stereocenters. The van der Waals surface area contributed by atoms with Crippen LogP contribution in [-0.4, -0.2) is 10.8 Å². The number of benzene rings is 1. The van der Waals surface area contributed by atoms with Crippen LogP contribution in [0.25, 0.3) is 5.57 Å². The lowest BCUT2D eigenvalue weighted by molar-refractivity contribution is 0.0993. The van der Waals surface area contributed by atoms with E-state index in [1.165, 1.54) is 0 Å². The van der Waals surface area contributed by atoms with Crippen LogP contribution in [-0.2, 0) is 6.42 Å². The summed E-state index contributed by atoms with van der Waals surface area (Å²) in [5.74, 6) is 0.145. The molecule has 0 fully saturated rings. The molecule has 0 spiro atoms. The highest BCUT2D eigenvalue weighted by Gasteiger charge is 2.21. The lowest BCUT2D eigenvalue weighted by Crippen LogP contribution is -2.03. The van der Waals surface area contributed by atoms with Crippen molar-refractivity contribution in [2.24, 2.45) is 0 Å². The summed E-state index contributed by atoms with van der Waals surface area (Å²) in [4.78, 5) is 16.3. The molecule has 0 radical (unpaired) electrons. The van der Waals surface area contributed by atoms with Gasteiger partial charge in [-0.05, 0) is 22.8 Å². The fourth-order valence-electron chi connectivity index (χ4n) is 2.25. The molecule has 82 valence electrons. The molecule has 1 heterocycles. The number of carbonyl (C=O) groups excluding carboxylic acids is 1. The van der Waals surface area contributed by atoms with Gasteiger partial charge < -0.3 is 0 Å². The van der Waals surface area contributed by atoms with Crippen molar-refractivity contribution in [2.75, 3.05) is 0 Å². The zero-order chi connectivity index (χ0) is 11.8. The standard InChI is InChI=1S/C15H11NO/c1-10-12-4-2-3-5-13(12)15(17)8-11-6-7-16-9-14(10)11/h2-7,9H,1,8H2. The predicted molar refractivity (Wildman–Crippen MR) is 66.8 cm³/mol. The van der Waals surface area contributed by atoms with E-state index in [0.717, 1.165) is 27.8 Å². The average Bonchev–Trinajstić information content (AvgIpc) is 2.48. The molecule has 0 aliphatic heterocycles. The third-order valence-electron chi connectivity index (χ3n) is 3.14. The molecule has 0 saturated carbocycles. The first kappa shape index (κ1) is 9.97. The molecule has 2 aromatic rings. The summed E-state index contributed by atoms with van der Waals surface area (Å²) in [6.45, 7) is 4.10. The summed E-state index contributed by atoms with van der Waals surface area (Å²) in [6, 6.07) is 9.51. The third kappa shape index (κ3) is 1.49. The number of hydrogen-bond acceptors (Lipinski definition) is 2. The Labute approximate surface area is 99.6 Å². The highest BCUT2D eigenvalue weighted by Crippen LogP contribution is 2.31. The molecule has 0 N–H and O–H groups in total. The molecule has 2 heteroatoms. The highest BCUT2D eigenvalue weighted by molar-refractivity contribution is 6.05. The average molecular weight is 221 g/mol. The van der Waals surface area contributed by atoms with Crippen molar-refractivity contribution in [1.29, 1.82) is 0 Å². The molecular formula is C15H11NO. The molecule has 1 aromatic heterocycles. The van der Waals surface area contributed by atoms with Crippen LogP contribution in [0.5, 0.6) is 0 Å². The number of nitrogens with zero attached hydrogens (tertiary/aromatic N) is 1. The van der Waals surface area contributed by atoms with Crippen LogP contribution in [0.2, 0.25) is 0 Å². The van der Waals surface area contributed by atoms with Crippen LogP contribution < -0.4 is 0 Å². The van der Waals surface area contributed by atoms with Gasteiger partial charge in [0.25, 0.3) is 0 Å². The Hall–Kier alpha value is -2.22. The summed E-state index contributed by atoms with van der Waals surface area (Å²) in [7, 11) is 0. The van der Waals surface area contributed by atoms with E-state index >= 15 is 0 Å². The van der Waals surface area contributed by atoms with Gasteiger partial charge in [0.05, 0.1) is 0 Å². The quantitative estimate of drug-likeness (QED) is 0.684. The first-order chi connectivity index (χ1) is 8.27.